The fourth-order valence-corrected chi connectivity index (χ4v) is 2.92. The second-order valence-electron chi connectivity index (χ2n) is 6.27. The van der Waals surface area contributed by atoms with Crippen molar-refractivity contribution < 1.29 is 9.90 Å². The van der Waals surface area contributed by atoms with Gasteiger partial charge in [-0.3, -0.25) is 0 Å². The van der Waals surface area contributed by atoms with Crippen molar-refractivity contribution >= 4 is 6.03 Å². The number of rotatable bonds is 8. The summed E-state index contributed by atoms with van der Waals surface area (Å²) in [6.45, 7) is 5.41. The molecule has 0 aliphatic heterocycles. The summed E-state index contributed by atoms with van der Waals surface area (Å²) in [6, 6.07) is 0.498. The third-order valence-corrected chi connectivity index (χ3v) is 4.26. The van der Waals surface area contributed by atoms with Crippen molar-refractivity contribution in [3.05, 3.63) is 0 Å². The highest BCUT2D eigenvalue weighted by Gasteiger charge is 2.24. The molecule has 20 heavy (non-hydrogen) atoms. The Morgan fingerprint density at radius 2 is 2.05 bits per heavy atom. The summed E-state index contributed by atoms with van der Waals surface area (Å²) in [5, 5.41) is 15.1. The smallest absolute Gasteiger partial charge is 0.315 e. The number of nitrogens with zero attached hydrogens (tertiary/aromatic N) is 1. The first-order valence-electron chi connectivity index (χ1n) is 7.88. The average Bonchev–Trinajstić information content (AvgIpc) is 2.92. The van der Waals surface area contributed by atoms with E-state index >= 15 is 0 Å². The van der Waals surface area contributed by atoms with E-state index in [-0.39, 0.29) is 12.6 Å². The Balaban J connectivity index is 2.22. The van der Waals surface area contributed by atoms with Crippen LogP contribution in [0.2, 0.25) is 0 Å². The second-order valence-corrected chi connectivity index (χ2v) is 6.27. The molecule has 3 N–H and O–H groups in total. The summed E-state index contributed by atoms with van der Waals surface area (Å²) in [7, 11) is 2.13. The minimum atomic E-state index is -0.518. The molecule has 118 valence electrons. The number of urea groups is 1. The van der Waals surface area contributed by atoms with Crippen molar-refractivity contribution in [2.45, 2.75) is 64.0 Å². The molecule has 0 saturated heterocycles. The molecule has 0 spiro atoms. The van der Waals surface area contributed by atoms with Crippen LogP contribution in [0.15, 0.2) is 0 Å². The molecule has 0 aromatic heterocycles. The van der Waals surface area contributed by atoms with Crippen LogP contribution in [0.4, 0.5) is 4.79 Å². The molecule has 1 aliphatic rings. The van der Waals surface area contributed by atoms with Crippen LogP contribution in [0, 0.1) is 0 Å². The summed E-state index contributed by atoms with van der Waals surface area (Å²) >= 11 is 0. The topological polar surface area (TPSA) is 64.6 Å². The van der Waals surface area contributed by atoms with Gasteiger partial charge in [0.1, 0.15) is 0 Å². The van der Waals surface area contributed by atoms with Gasteiger partial charge in [-0.2, -0.15) is 0 Å². The van der Waals surface area contributed by atoms with Crippen LogP contribution in [-0.2, 0) is 0 Å². The van der Waals surface area contributed by atoms with E-state index in [1.807, 2.05) is 13.8 Å². The van der Waals surface area contributed by atoms with Crippen LogP contribution in [0.25, 0.3) is 0 Å². The molecular formula is C15H31N3O2. The normalized spacial score (nSPS) is 19.1. The highest BCUT2D eigenvalue weighted by atomic mass is 16.3. The van der Waals surface area contributed by atoms with Crippen LogP contribution in [-0.4, -0.2) is 54.4 Å². The van der Waals surface area contributed by atoms with Gasteiger partial charge in [0.05, 0.1) is 12.1 Å². The number of nitrogens with one attached hydrogen (secondary N) is 2. The molecule has 0 radical (unpaired) electrons. The van der Waals surface area contributed by atoms with Crippen LogP contribution < -0.4 is 10.6 Å². The SMILES string of the molecule is CCCC(C)(CO)NC(=O)NCCN(C)C1CCCC1. The van der Waals surface area contributed by atoms with Gasteiger partial charge in [0.15, 0.2) is 0 Å². The molecule has 0 aromatic carbocycles. The van der Waals surface area contributed by atoms with E-state index < -0.39 is 5.54 Å². The number of hydrogen-bond acceptors (Lipinski definition) is 3. The molecule has 0 aromatic rings. The molecule has 1 rings (SSSR count). The zero-order valence-corrected chi connectivity index (χ0v) is 13.2. The Hall–Kier alpha value is -0.810. The van der Waals surface area contributed by atoms with E-state index in [4.69, 9.17) is 0 Å². The van der Waals surface area contributed by atoms with Gasteiger partial charge in [0.2, 0.25) is 0 Å². The number of aliphatic hydroxyl groups is 1. The van der Waals surface area contributed by atoms with Crippen molar-refractivity contribution in [1.29, 1.82) is 0 Å². The average molecular weight is 285 g/mol. The Labute approximate surface area is 123 Å². The lowest BCUT2D eigenvalue weighted by molar-refractivity contribution is 0.162. The third kappa shape index (κ3) is 5.67. The lowest BCUT2D eigenvalue weighted by atomic mass is 9.98. The second kappa shape index (κ2) is 8.47. The summed E-state index contributed by atoms with van der Waals surface area (Å²) in [5.41, 5.74) is -0.518. The number of likely N-dealkylation sites (N-methyl/N-ethyl adjacent to an activating group) is 1. The number of aliphatic hydroxyl groups excluding tert-OH is 1. The first-order valence-corrected chi connectivity index (χ1v) is 7.88. The van der Waals surface area contributed by atoms with E-state index in [0.29, 0.717) is 12.6 Å². The predicted molar refractivity (Wildman–Crippen MR) is 81.8 cm³/mol. The van der Waals surface area contributed by atoms with Crippen LogP contribution in [0.5, 0.6) is 0 Å². The Morgan fingerprint density at radius 3 is 2.60 bits per heavy atom. The third-order valence-electron chi connectivity index (χ3n) is 4.26. The molecule has 1 atom stereocenters. The maximum Gasteiger partial charge on any atom is 0.315 e. The number of hydrogen-bond donors (Lipinski definition) is 3. The molecule has 2 amide bonds. The summed E-state index contributed by atoms with van der Waals surface area (Å²) in [5.74, 6) is 0. The fraction of sp³-hybridized carbons (Fsp3) is 0.933. The summed E-state index contributed by atoms with van der Waals surface area (Å²) < 4.78 is 0. The molecule has 5 heteroatoms. The van der Waals surface area contributed by atoms with Crippen LogP contribution >= 0.6 is 0 Å². The molecule has 1 unspecified atom stereocenters. The molecule has 0 heterocycles. The zero-order chi connectivity index (χ0) is 15.0. The highest BCUT2D eigenvalue weighted by molar-refractivity contribution is 5.74. The standard InChI is InChI=1S/C15H31N3O2/c1-4-9-15(2,12-19)17-14(20)16-10-11-18(3)13-7-5-6-8-13/h13,19H,4-12H2,1-3H3,(H2,16,17,20). The van der Waals surface area contributed by atoms with Gasteiger partial charge in [-0.15, -0.1) is 0 Å². The van der Waals surface area contributed by atoms with Gasteiger partial charge in [-0.1, -0.05) is 26.2 Å². The first kappa shape index (κ1) is 17.2. The zero-order valence-electron chi connectivity index (χ0n) is 13.2. The van der Waals surface area contributed by atoms with Crippen LogP contribution in [0.3, 0.4) is 0 Å². The van der Waals surface area contributed by atoms with E-state index in [9.17, 15) is 9.90 Å². The van der Waals surface area contributed by atoms with Crippen molar-refractivity contribution in [1.82, 2.24) is 15.5 Å². The Kier molecular flexibility index (Phi) is 7.30. The van der Waals surface area contributed by atoms with E-state index in [0.717, 1.165) is 19.4 Å². The van der Waals surface area contributed by atoms with E-state index in [1.165, 1.54) is 25.7 Å². The van der Waals surface area contributed by atoms with E-state index in [1.54, 1.807) is 0 Å². The molecule has 1 aliphatic carbocycles. The first-order chi connectivity index (χ1) is 9.50. The Morgan fingerprint density at radius 1 is 1.40 bits per heavy atom. The lowest BCUT2D eigenvalue weighted by Gasteiger charge is -2.29. The lowest BCUT2D eigenvalue weighted by Crippen LogP contribution is -2.53. The van der Waals surface area contributed by atoms with Gasteiger partial charge in [0.25, 0.3) is 0 Å². The van der Waals surface area contributed by atoms with Crippen molar-refractivity contribution in [3.63, 3.8) is 0 Å². The fourth-order valence-electron chi connectivity index (χ4n) is 2.92. The largest absolute Gasteiger partial charge is 0.394 e. The van der Waals surface area contributed by atoms with Gasteiger partial charge in [0, 0.05) is 19.1 Å². The summed E-state index contributed by atoms with van der Waals surface area (Å²) in [6.07, 6.45) is 6.92. The number of amides is 2. The molecule has 1 fully saturated rings. The molecular weight excluding hydrogens is 254 g/mol. The monoisotopic (exact) mass is 285 g/mol. The minimum absolute atomic E-state index is 0.0315. The van der Waals surface area contributed by atoms with Crippen molar-refractivity contribution in [2.24, 2.45) is 0 Å². The van der Waals surface area contributed by atoms with E-state index in [2.05, 4.69) is 22.6 Å². The maximum atomic E-state index is 11.8. The van der Waals surface area contributed by atoms with Gasteiger partial charge in [-0.05, 0) is 33.2 Å². The molecule has 1 saturated carbocycles. The molecule has 5 nitrogen and oxygen atoms in total. The van der Waals surface area contributed by atoms with Gasteiger partial charge >= 0.3 is 6.03 Å². The number of carbonyl (C=O) groups is 1. The van der Waals surface area contributed by atoms with Gasteiger partial charge in [-0.25, -0.2) is 4.79 Å². The maximum absolute atomic E-state index is 11.8. The summed E-state index contributed by atoms with van der Waals surface area (Å²) in [4.78, 5) is 14.2. The van der Waals surface area contributed by atoms with Gasteiger partial charge < -0.3 is 20.6 Å². The highest BCUT2D eigenvalue weighted by Crippen LogP contribution is 2.21. The minimum Gasteiger partial charge on any atom is -0.394 e. The van der Waals surface area contributed by atoms with Crippen molar-refractivity contribution in [2.75, 3.05) is 26.7 Å². The predicted octanol–water partition coefficient (Wildman–Crippen LogP) is 1.71. The quantitative estimate of drug-likeness (QED) is 0.636. The van der Waals surface area contributed by atoms with Crippen molar-refractivity contribution in [3.8, 4) is 0 Å². The number of carbonyl (C=O) groups excluding carboxylic acids is 1. The molecule has 0 bridgehead atoms. The Bertz CT molecular complexity index is 293. The van der Waals surface area contributed by atoms with Crippen LogP contribution in [0.1, 0.15) is 52.4 Å².